The van der Waals surface area contributed by atoms with Gasteiger partial charge in [-0.05, 0) is 50.5 Å². The van der Waals surface area contributed by atoms with Crippen molar-refractivity contribution in [2.45, 2.75) is 52.1 Å². The van der Waals surface area contributed by atoms with Gasteiger partial charge < -0.3 is 9.88 Å². The summed E-state index contributed by atoms with van der Waals surface area (Å²) in [5.41, 5.74) is 4.49. The van der Waals surface area contributed by atoms with Gasteiger partial charge in [0.1, 0.15) is 5.82 Å². The first kappa shape index (κ1) is 16.8. The van der Waals surface area contributed by atoms with Crippen molar-refractivity contribution in [3.8, 4) is 11.4 Å². The SMILES string of the molecule is Cc1ccc(-c2nnc3n2CCCCC3)cc1N[C@@H](C)c1ccccn1. The van der Waals surface area contributed by atoms with Crippen LogP contribution in [0, 0.1) is 6.92 Å². The number of rotatable bonds is 4. The van der Waals surface area contributed by atoms with Crippen molar-refractivity contribution >= 4 is 5.69 Å². The second-order valence-electron chi connectivity index (χ2n) is 7.05. The molecule has 2 aromatic heterocycles. The average molecular weight is 347 g/mol. The fourth-order valence-electron chi connectivity index (χ4n) is 3.55. The van der Waals surface area contributed by atoms with Crippen molar-refractivity contribution in [2.24, 2.45) is 0 Å². The molecule has 134 valence electrons. The predicted octanol–water partition coefficient (Wildman–Crippen LogP) is 4.55. The molecule has 1 aliphatic rings. The summed E-state index contributed by atoms with van der Waals surface area (Å²) in [6.07, 6.45) is 6.54. The molecule has 0 radical (unpaired) electrons. The molecule has 3 heterocycles. The van der Waals surface area contributed by atoms with Crippen LogP contribution in [0.15, 0.2) is 42.6 Å². The minimum absolute atomic E-state index is 0.140. The van der Waals surface area contributed by atoms with Gasteiger partial charge in [-0.2, -0.15) is 0 Å². The summed E-state index contributed by atoms with van der Waals surface area (Å²) < 4.78 is 2.30. The Balaban J connectivity index is 1.64. The van der Waals surface area contributed by atoms with Crippen LogP contribution in [-0.2, 0) is 13.0 Å². The summed E-state index contributed by atoms with van der Waals surface area (Å²) in [4.78, 5) is 4.46. The van der Waals surface area contributed by atoms with Crippen LogP contribution in [0.5, 0.6) is 0 Å². The molecule has 0 bridgehead atoms. The van der Waals surface area contributed by atoms with E-state index in [1.165, 1.54) is 24.8 Å². The summed E-state index contributed by atoms with van der Waals surface area (Å²) in [6, 6.07) is 12.6. The fourth-order valence-corrected chi connectivity index (χ4v) is 3.55. The maximum absolute atomic E-state index is 4.49. The quantitative estimate of drug-likeness (QED) is 0.752. The normalized spacial score (nSPS) is 15.2. The lowest BCUT2D eigenvalue weighted by Crippen LogP contribution is -2.09. The summed E-state index contributed by atoms with van der Waals surface area (Å²) in [7, 11) is 0. The minimum Gasteiger partial charge on any atom is -0.377 e. The zero-order valence-corrected chi connectivity index (χ0v) is 15.4. The Bertz CT molecular complexity index is 885. The minimum atomic E-state index is 0.140. The van der Waals surface area contributed by atoms with Gasteiger partial charge in [-0.3, -0.25) is 4.98 Å². The highest BCUT2D eigenvalue weighted by Crippen LogP contribution is 2.28. The van der Waals surface area contributed by atoms with Crippen LogP contribution < -0.4 is 5.32 Å². The van der Waals surface area contributed by atoms with E-state index in [9.17, 15) is 0 Å². The van der Waals surface area contributed by atoms with Crippen LogP contribution >= 0.6 is 0 Å². The van der Waals surface area contributed by atoms with E-state index in [0.29, 0.717) is 0 Å². The lowest BCUT2D eigenvalue weighted by atomic mass is 10.1. The van der Waals surface area contributed by atoms with Crippen molar-refractivity contribution in [3.63, 3.8) is 0 Å². The van der Waals surface area contributed by atoms with E-state index in [-0.39, 0.29) is 6.04 Å². The molecule has 1 aromatic carbocycles. The third kappa shape index (κ3) is 3.34. The third-order valence-electron chi connectivity index (χ3n) is 5.11. The number of fused-ring (bicyclic) bond motifs is 1. The maximum Gasteiger partial charge on any atom is 0.164 e. The second-order valence-corrected chi connectivity index (χ2v) is 7.05. The zero-order chi connectivity index (χ0) is 17.9. The highest BCUT2D eigenvalue weighted by Gasteiger charge is 2.17. The Hall–Kier alpha value is -2.69. The molecule has 5 heteroatoms. The molecule has 0 fully saturated rings. The van der Waals surface area contributed by atoms with Gasteiger partial charge >= 0.3 is 0 Å². The number of aromatic nitrogens is 4. The lowest BCUT2D eigenvalue weighted by molar-refractivity contribution is 0.636. The van der Waals surface area contributed by atoms with Crippen molar-refractivity contribution in [2.75, 3.05) is 5.32 Å². The highest BCUT2D eigenvalue weighted by atomic mass is 15.3. The second kappa shape index (κ2) is 7.28. The largest absolute Gasteiger partial charge is 0.377 e. The molecule has 1 aliphatic heterocycles. The zero-order valence-electron chi connectivity index (χ0n) is 15.4. The monoisotopic (exact) mass is 347 g/mol. The van der Waals surface area contributed by atoms with Gasteiger partial charge in [0.05, 0.1) is 11.7 Å². The first-order chi connectivity index (χ1) is 12.7. The first-order valence-electron chi connectivity index (χ1n) is 9.43. The van der Waals surface area contributed by atoms with Crippen LogP contribution in [0.4, 0.5) is 5.69 Å². The Labute approximate surface area is 154 Å². The first-order valence-corrected chi connectivity index (χ1v) is 9.43. The molecule has 1 N–H and O–H groups in total. The van der Waals surface area contributed by atoms with Crippen LogP contribution in [0.2, 0.25) is 0 Å². The van der Waals surface area contributed by atoms with Crippen molar-refractivity contribution in [1.29, 1.82) is 0 Å². The maximum atomic E-state index is 4.49. The highest BCUT2D eigenvalue weighted by molar-refractivity contribution is 5.66. The molecule has 26 heavy (non-hydrogen) atoms. The smallest absolute Gasteiger partial charge is 0.164 e. The van der Waals surface area contributed by atoms with Gasteiger partial charge in [-0.1, -0.05) is 24.6 Å². The van der Waals surface area contributed by atoms with Gasteiger partial charge in [-0.15, -0.1) is 10.2 Å². The molecule has 5 nitrogen and oxygen atoms in total. The number of anilines is 1. The van der Waals surface area contributed by atoms with Gasteiger partial charge in [0, 0.05) is 30.4 Å². The molecule has 0 spiro atoms. The van der Waals surface area contributed by atoms with E-state index in [4.69, 9.17) is 0 Å². The number of benzene rings is 1. The van der Waals surface area contributed by atoms with Gasteiger partial charge in [0.2, 0.25) is 0 Å². The molecule has 0 saturated heterocycles. The molecule has 4 rings (SSSR count). The third-order valence-corrected chi connectivity index (χ3v) is 5.11. The van der Waals surface area contributed by atoms with E-state index >= 15 is 0 Å². The van der Waals surface area contributed by atoms with Gasteiger partial charge in [-0.25, -0.2) is 0 Å². The Morgan fingerprint density at radius 1 is 1.08 bits per heavy atom. The topological polar surface area (TPSA) is 55.6 Å². The molecule has 1 atom stereocenters. The van der Waals surface area contributed by atoms with E-state index in [0.717, 1.165) is 41.6 Å². The van der Waals surface area contributed by atoms with Crippen LogP contribution in [0.3, 0.4) is 0 Å². The number of nitrogens with zero attached hydrogens (tertiary/aromatic N) is 4. The molecule has 0 aliphatic carbocycles. The Morgan fingerprint density at radius 2 is 2.00 bits per heavy atom. The van der Waals surface area contributed by atoms with E-state index in [2.05, 4.69) is 63.2 Å². The molecule has 0 unspecified atom stereocenters. The summed E-state index contributed by atoms with van der Waals surface area (Å²) in [5.74, 6) is 2.10. The standard InChI is InChI=1S/C21H25N5/c1-15-10-11-17(21-25-24-20-9-4-3-7-13-26(20)21)14-19(15)23-16(2)18-8-5-6-12-22-18/h5-6,8,10-12,14,16,23H,3-4,7,9,13H2,1-2H3/t16-/m0/s1. The van der Waals surface area contributed by atoms with Crippen molar-refractivity contribution in [3.05, 3.63) is 59.7 Å². The Kier molecular flexibility index (Phi) is 4.69. The van der Waals surface area contributed by atoms with Crippen LogP contribution in [0.25, 0.3) is 11.4 Å². The summed E-state index contributed by atoms with van der Waals surface area (Å²) >= 11 is 0. The number of pyridine rings is 1. The summed E-state index contributed by atoms with van der Waals surface area (Å²) in [5, 5.41) is 12.5. The molecule has 0 saturated carbocycles. The van der Waals surface area contributed by atoms with E-state index in [1.54, 1.807) is 0 Å². The number of aryl methyl sites for hydroxylation is 2. The van der Waals surface area contributed by atoms with Crippen LogP contribution in [-0.4, -0.2) is 19.7 Å². The average Bonchev–Trinajstić information content (AvgIpc) is 2.92. The lowest BCUT2D eigenvalue weighted by Gasteiger charge is -2.17. The molecular formula is C21H25N5. The number of hydrogen-bond acceptors (Lipinski definition) is 4. The van der Waals surface area contributed by atoms with E-state index < -0.39 is 0 Å². The molecule has 3 aromatic rings. The van der Waals surface area contributed by atoms with Gasteiger partial charge in [0.25, 0.3) is 0 Å². The van der Waals surface area contributed by atoms with Crippen molar-refractivity contribution < 1.29 is 0 Å². The fraction of sp³-hybridized carbons (Fsp3) is 0.381. The van der Waals surface area contributed by atoms with Crippen molar-refractivity contribution in [1.82, 2.24) is 19.7 Å². The number of hydrogen-bond donors (Lipinski definition) is 1. The van der Waals surface area contributed by atoms with Crippen LogP contribution in [0.1, 0.15) is 49.3 Å². The van der Waals surface area contributed by atoms with Gasteiger partial charge in [0.15, 0.2) is 5.82 Å². The van der Waals surface area contributed by atoms with E-state index in [1.807, 2.05) is 18.3 Å². The predicted molar refractivity (Wildman–Crippen MR) is 104 cm³/mol. The summed E-state index contributed by atoms with van der Waals surface area (Å²) in [6.45, 7) is 5.28. The Morgan fingerprint density at radius 3 is 2.85 bits per heavy atom. The molecule has 0 amide bonds. The number of nitrogens with one attached hydrogen (secondary N) is 1. The molecular weight excluding hydrogens is 322 g/mol.